The van der Waals surface area contributed by atoms with Crippen molar-refractivity contribution in [3.8, 4) is 11.5 Å². The number of halogens is 1. The largest absolute Gasteiger partial charge is 0.507 e. The van der Waals surface area contributed by atoms with Gasteiger partial charge in [0.15, 0.2) is 0 Å². The summed E-state index contributed by atoms with van der Waals surface area (Å²) in [6.07, 6.45) is 0. The number of aliphatic hydroxyl groups excluding tert-OH is 1. The number of carbonyl (C=O) groups is 2. The number of phenolic OH excluding ortho intramolecular Hbond substituents is 1. The lowest BCUT2D eigenvalue weighted by Crippen LogP contribution is -2.29. The fourth-order valence-electron chi connectivity index (χ4n) is 3.88. The second kappa shape index (κ2) is 8.33. The van der Waals surface area contributed by atoms with E-state index in [0.29, 0.717) is 4.88 Å². The van der Waals surface area contributed by atoms with Crippen LogP contribution in [0.25, 0.3) is 5.76 Å². The summed E-state index contributed by atoms with van der Waals surface area (Å²) in [4.78, 5) is 28.3. The Hall–Kier alpha value is -3.29. The Balaban J connectivity index is 2.01. The topological polar surface area (TPSA) is 87.1 Å². The molecule has 1 fully saturated rings. The standard InChI is InChI=1S/C24H20ClNO5S/c1-12-6-7-17(27)16(11-12)26-20(18-5-4-8-32-18)19(22(29)24(26)30)21(28)14-9-13(2)10-15(25)23(14)31-3/h4-11,20,27-28H,1-3H3/b21-19-. The summed E-state index contributed by atoms with van der Waals surface area (Å²) < 4.78 is 5.37. The van der Waals surface area contributed by atoms with Crippen molar-refractivity contribution in [2.24, 2.45) is 0 Å². The van der Waals surface area contributed by atoms with Crippen molar-refractivity contribution >= 4 is 46.1 Å². The lowest BCUT2D eigenvalue weighted by molar-refractivity contribution is -0.132. The predicted molar refractivity (Wildman–Crippen MR) is 125 cm³/mol. The summed E-state index contributed by atoms with van der Waals surface area (Å²) in [7, 11) is 1.41. The van der Waals surface area contributed by atoms with Gasteiger partial charge in [-0.2, -0.15) is 0 Å². The molecule has 2 heterocycles. The smallest absolute Gasteiger partial charge is 0.300 e. The Morgan fingerprint density at radius 3 is 2.53 bits per heavy atom. The molecule has 1 aliphatic rings. The Morgan fingerprint density at radius 2 is 1.88 bits per heavy atom. The van der Waals surface area contributed by atoms with Gasteiger partial charge in [-0.3, -0.25) is 14.5 Å². The number of methoxy groups -OCH3 is 1. The molecule has 0 aliphatic carbocycles. The number of benzene rings is 2. The second-order valence-electron chi connectivity index (χ2n) is 7.50. The number of ether oxygens (including phenoxy) is 1. The maximum atomic E-state index is 13.2. The molecule has 2 N–H and O–H groups in total. The van der Waals surface area contributed by atoms with E-state index in [9.17, 15) is 19.8 Å². The number of ketones is 1. The number of amides is 1. The van der Waals surface area contributed by atoms with Gasteiger partial charge in [0.05, 0.1) is 29.0 Å². The fraction of sp³-hybridized carbons (Fsp3) is 0.167. The molecule has 0 saturated carbocycles. The Kier molecular flexibility index (Phi) is 5.71. The van der Waals surface area contributed by atoms with Crippen molar-refractivity contribution in [3.05, 3.63) is 80.0 Å². The maximum Gasteiger partial charge on any atom is 0.300 e. The third kappa shape index (κ3) is 3.53. The molecule has 1 aliphatic heterocycles. The molecule has 6 nitrogen and oxygen atoms in total. The molecule has 0 radical (unpaired) electrons. The molecule has 3 aromatic rings. The van der Waals surface area contributed by atoms with Gasteiger partial charge < -0.3 is 14.9 Å². The number of thiophene rings is 1. The number of aryl methyl sites for hydroxylation is 2. The van der Waals surface area contributed by atoms with Crippen LogP contribution in [-0.2, 0) is 9.59 Å². The van der Waals surface area contributed by atoms with Crippen LogP contribution in [0.1, 0.15) is 27.6 Å². The number of carbonyl (C=O) groups excluding carboxylic acids is 2. The second-order valence-corrected chi connectivity index (χ2v) is 8.89. The van der Waals surface area contributed by atoms with E-state index in [4.69, 9.17) is 16.3 Å². The number of Topliss-reactive ketones (excluding diaryl/α,β-unsaturated/α-hetero) is 1. The minimum absolute atomic E-state index is 0.0988. The van der Waals surface area contributed by atoms with Gasteiger partial charge in [-0.15, -0.1) is 11.3 Å². The molecule has 164 valence electrons. The zero-order chi connectivity index (χ0) is 23.2. The average Bonchev–Trinajstić information content (AvgIpc) is 3.36. The van der Waals surface area contributed by atoms with E-state index in [0.717, 1.165) is 11.1 Å². The van der Waals surface area contributed by atoms with Gasteiger partial charge in [-0.25, -0.2) is 0 Å². The van der Waals surface area contributed by atoms with Gasteiger partial charge in [0.1, 0.15) is 23.3 Å². The van der Waals surface area contributed by atoms with Crippen molar-refractivity contribution in [2.45, 2.75) is 19.9 Å². The molecule has 1 saturated heterocycles. The highest BCUT2D eigenvalue weighted by Gasteiger charge is 2.48. The van der Waals surface area contributed by atoms with E-state index in [2.05, 4.69) is 0 Å². The number of rotatable bonds is 4. The number of phenols is 1. The molecule has 1 aromatic heterocycles. The number of aromatic hydroxyl groups is 1. The summed E-state index contributed by atoms with van der Waals surface area (Å²) in [5.74, 6) is -2.04. The number of hydrogen-bond donors (Lipinski definition) is 2. The van der Waals surface area contributed by atoms with Crippen LogP contribution in [-0.4, -0.2) is 29.0 Å². The highest BCUT2D eigenvalue weighted by atomic mass is 35.5. The first-order valence-corrected chi connectivity index (χ1v) is 11.0. The molecular formula is C24H20ClNO5S. The summed E-state index contributed by atoms with van der Waals surface area (Å²) in [5, 5.41) is 23.9. The van der Waals surface area contributed by atoms with Crippen LogP contribution < -0.4 is 9.64 Å². The van der Waals surface area contributed by atoms with Crippen molar-refractivity contribution in [1.82, 2.24) is 0 Å². The van der Waals surface area contributed by atoms with E-state index in [1.165, 1.54) is 29.4 Å². The number of anilines is 1. The van der Waals surface area contributed by atoms with E-state index < -0.39 is 17.7 Å². The third-order valence-electron chi connectivity index (χ3n) is 5.29. The lowest BCUT2D eigenvalue weighted by Gasteiger charge is -2.25. The summed E-state index contributed by atoms with van der Waals surface area (Å²) in [6.45, 7) is 3.61. The van der Waals surface area contributed by atoms with Gasteiger partial charge in [0.25, 0.3) is 11.7 Å². The van der Waals surface area contributed by atoms with E-state index in [1.54, 1.807) is 43.3 Å². The molecule has 2 aromatic carbocycles. The number of hydrogen-bond acceptors (Lipinski definition) is 6. The van der Waals surface area contributed by atoms with Crippen LogP contribution >= 0.6 is 22.9 Å². The zero-order valence-electron chi connectivity index (χ0n) is 17.5. The van der Waals surface area contributed by atoms with Crippen LogP contribution in [0, 0.1) is 13.8 Å². The molecule has 1 unspecified atom stereocenters. The van der Waals surface area contributed by atoms with E-state index >= 15 is 0 Å². The molecule has 1 amide bonds. The Bertz CT molecular complexity index is 1270. The average molecular weight is 470 g/mol. The quantitative estimate of drug-likeness (QED) is 0.305. The molecule has 4 rings (SSSR count). The molecule has 1 atom stereocenters. The lowest BCUT2D eigenvalue weighted by atomic mass is 9.98. The first-order valence-electron chi connectivity index (χ1n) is 9.73. The first-order chi connectivity index (χ1) is 15.2. The van der Waals surface area contributed by atoms with Gasteiger partial charge in [0.2, 0.25) is 0 Å². The molecular weight excluding hydrogens is 450 g/mol. The maximum absolute atomic E-state index is 13.2. The zero-order valence-corrected chi connectivity index (χ0v) is 19.1. The summed E-state index contributed by atoms with van der Waals surface area (Å²) >= 11 is 7.63. The highest BCUT2D eigenvalue weighted by Crippen LogP contribution is 2.47. The van der Waals surface area contributed by atoms with Gasteiger partial charge >= 0.3 is 0 Å². The predicted octanol–water partition coefficient (Wildman–Crippen LogP) is 5.36. The normalized spacial score (nSPS) is 17.8. The fourth-order valence-corrected chi connectivity index (χ4v) is 5.06. The van der Waals surface area contributed by atoms with Crippen LogP contribution in [0.5, 0.6) is 11.5 Å². The highest BCUT2D eigenvalue weighted by molar-refractivity contribution is 7.10. The Labute approximate surface area is 193 Å². The van der Waals surface area contributed by atoms with Gasteiger partial charge in [-0.1, -0.05) is 23.7 Å². The number of nitrogens with zero attached hydrogens (tertiary/aromatic N) is 1. The SMILES string of the molecule is COc1c(Cl)cc(C)cc1/C(O)=C1/C(=O)C(=O)N(c2cc(C)ccc2O)C1c1cccs1. The van der Waals surface area contributed by atoms with Crippen LogP contribution in [0.4, 0.5) is 5.69 Å². The third-order valence-corrected chi connectivity index (χ3v) is 6.50. The minimum atomic E-state index is -0.924. The first kappa shape index (κ1) is 21.9. The van der Waals surface area contributed by atoms with Crippen molar-refractivity contribution in [3.63, 3.8) is 0 Å². The summed E-state index contributed by atoms with van der Waals surface area (Å²) in [5.41, 5.74) is 1.86. The molecule has 32 heavy (non-hydrogen) atoms. The van der Waals surface area contributed by atoms with Crippen molar-refractivity contribution in [2.75, 3.05) is 12.0 Å². The van der Waals surface area contributed by atoms with E-state index in [-0.39, 0.29) is 39.1 Å². The van der Waals surface area contributed by atoms with E-state index in [1.807, 2.05) is 12.3 Å². The van der Waals surface area contributed by atoms with Crippen LogP contribution in [0.15, 0.2) is 53.4 Å². The molecule has 8 heteroatoms. The minimum Gasteiger partial charge on any atom is -0.507 e. The van der Waals surface area contributed by atoms with Crippen LogP contribution in [0.2, 0.25) is 5.02 Å². The summed E-state index contributed by atoms with van der Waals surface area (Å²) in [6, 6.07) is 10.8. The van der Waals surface area contributed by atoms with Gasteiger partial charge in [0, 0.05) is 4.88 Å². The number of aliphatic hydroxyl groups is 1. The Morgan fingerprint density at radius 1 is 1.12 bits per heavy atom. The van der Waals surface area contributed by atoms with Gasteiger partial charge in [-0.05, 0) is 60.7 Å². The van der Waals surface area contributed by atoms with Crippen molar-refractivity contribution in [1.29, 1.82) is 0 Å². The molecule has 0 bridgehead atoms. The molecule has 0 spiro atoms. The van der Waals surface area contributed by atoms with Crippen molar-refractivity contribution < 1.29 is 24.5 Å². The monoisotopic (exact) mass is 469 g/mol. The van der Waals surface area contributed by atoms with Crippen LogP contribution in [0.3, 0.4) is 0 Å².